The van der Waals surface area contributed by atoms with Gasteiger partial charge in [0, 0.05) is 30.8 Å². The molecule has 0 aliphatic carbocycles. The fourth-order valence-electron chi connectivity index (χ4n) is 3.15. The van der Waals surface area contributed by atoms with Gasteiger partial charge in [0.05, 0.1) is 0 Å². The van der Waals surface area contributed by atoms with Crippen LogP contribution in [0.5, 0.6) is 0 Å². The van der Waals surface area contributed by atoms with Crippen molar-refractivity contribution in [1.82, 2.24) is 24.8 Å². The first kappa shape index (κ1) is 22.4. The summed E-state index contributed by atoms with van der Waals surface area (Å²) in [5, 5.41) is 16.7. The number of pyridine rings is 1. The molecule has 0 aliphatic heterocycles. The van der Waals surface area contributed by atoms with Gasteiger partial charge < -0.3 is 4.57 Å². The first-order valence-corrected chi connectivity index (χ1v) is 11.3. The molecule has 0 unspecified atom stereocenters. The molecule has 0 spiro atoms. The second-order valence-corrected chi connectivity index (χ2v) is 9.88. The average molecular weight is 446 g/mol. The SMILES string of the molecule is Cc1nncn1-c1ccc(-c2ccn(CC[C@](C)(C(=O)NO)S(C)(=O)=O)c(=O)c2)cc1. The number of carbonyl (C=O) groups excluding carboxylic acids is 1. The van der Waals surface area contributed by atoms with Crippen LogP contribution in [0.2, 0.25) is 0 Å². The minimum absolute atomic E-state index is 0.0120. The van der Waals surface area contributed by atoms with Crippen molar-refractivity contribution < 1.29 is 18.4 Å². The third-order valence-corrected chi connectivity index (χ3v) is 7.45. The van der Waals surface area contributed by atoms with Gasteiger partial charge in [-0.25, -0.2) is 13.9 Å². The highest BCUT2D eigenvalue weighted by atomic mass is 32.2. The van der Waals surface area contributed by atoms with Gasteiger partial charge in [-0.15, -0.1) is 10.2 Å². The summed E-state index contributed by atoms with van der Waals surface area (Å²) >= 11 is 0. The van der Waals surface area contributed by atoms with Crippen molar-refractivity contribution in [2.75, 3.05) is 6.26 Å². The van der Waals surface area contributed by atoms with Crippen LogP contribution in [0.25, 0.3) is 16.8 Å². The van der Waals surface area contributed by atoms with Crippen molar-refractivity contribution in [3.05, 3.63) is 65.1 Å². The van der Waals surface area contributed by atoms with E-state index in [-0.39, 0.29) is 18.5 Å². The Bertz CT molecular complexity index is 1260. The third-order valence-electron chi connectivity index (χ3n) is 5.42. The van der Waals surface area contributed by atoms with Gasteiger partial charge in [-0.3, -0.25) is 19.4 Å². The highest BCUT2D eigenvalue weighted by Crippen LogP contribution is 2.23. The van der Waals surface area contributed by atoms with Gasteiger partial charge in [-0.05, 0) is 49.6 Å². The lowest BCUT2D eigenvalue weighted by Crippen LogP contribution is -2.49. The summed E-state index contributed by atoms with van der Waals surface area (Å²) in [7, 11) is -3.83. The average Bonchev–Trinajstić information content (AvgIpc) is 3.17. The molecular weight excluding hydrogens is 422 g/mol. The Balaban J connectivity index is 1.81. The van der Waals surface area contributed by atoms with Gasteiger partial charge in [0.15, 0.2) is 14.6 Å². The van der Waals surface area contributed by atoms with E-state index in [4.69, 9.17) is 5.21 Å². The Hall–Kier alpha value is -3.31. The quantitative estimate of drug-likeness (QED) is 0.410. The number of rotatable bonds is 7. The van der Waals surface area contributed by atoms with E-state index in [1.54, 1.807) is 18.6 Å². The van der Waals surface area contributed by atoms with Crippen LogP contribution >= 0.6 is 0 Å². The Labute approximate surface area is 179 Å². The largest absolute Gasteiger partial charge is 0.315 e. The van der Waals surface area contributed by atoms with E-state index in [1.165, 1.54) is 23.0 Å². The van der Waals surface area contributed by atoms with Crippen LogP contribution in [0.3, 0.4) is 0 Å². The number of sulfone groups is 1. The van der Waals surface area contributed by atoms with E-state index in [2.05, 4.69) is 10.2 Å². The Kier molecular flexibility index (Phi) is 6.09. The number of carbonyl (C=O) groups is 1. The molecular formula is C20H23N5O5S. The molecule has 0 saturated carbocycles. The van der Waals surface area contributed by atoms with Crippen LogP contribution in [-0.4, -0.2) is 49.9 Å². The maximum Gasteiger partial charge on any atom is 0.264 e. The summed E-state index contributed by atoms with van der Waals surface area (Å²) in [5.74, 6) is -0.283. The zero-order chi connectivity index (χ0) is 22.8. The molecule has 1 atom stereocenters. The minimum Gasteiger partial charge on any atom is -0.315 e. The first-order valence-electron chi connectivity index (χ1n) is 9.39. The van der Waals surface area contributed by atoms with Gasteiger partial charge in [0.1, 0.15) is 12.2 Å². The van der Waals surface area contributed by atoms with E-state index >= 15 is 0 Å². The van der Waals surface area contributed by atoms with E-state index in [0.717, 1.165) is 23.3 Å². The zero-order valence-electron chi connectivity index (χ0n) is 17.3. The number of hydrogen-bond donors (Lipinski definition) is 2. The van der Waals surface area contributed by atoms with E-state index in [0.29, 0.717) is 5.56 Å². The zero-order valence-corrected chi connectivity index (χ0v) is 18.1. The lowest BCUT2D eigenvalue weighted by atomic mass is 10.1. The molecule has 164 valence electrons. The van der Waals surface area contributed by atoms with Crippen molar-refractivity contribution in [3.63, 3.8) is 0 Å². The molecule has 2 N–H and O–H groups in total. The summed E-state index contributed by atoms with van der Waals surface area (Å²) in [6, 6.07) is 10.7. The number of hydrogen-bond acceptors (Lipinski definition) is 7. The Morgan fingerprint density at radius 2 is 1.87 bits per heavy atom. The number of hydroxylamine groups is 1. The second kappa shape index (κ2) is 8.44. The van der Waals surface area contributed by atoms with E-state index < -0.39 is 20.5 Å². The molecule has 1 amide bonds. The summed E-state index contributed by atoms with van der Waals surface area (Å²) in [6.45, 7) is 3.05. The topological polar surface area (TPSA) is 136 Å². The van der Waals surface area contributed by atoms with Crippen molar-refractivity contribution >= 4 is 15.7 Å². The lowest BCUT2D eigenvalue weighted by molar-refractivity contribution is -0.131. The van der Waals surface area contributed by atoms with Crippen LogP contribution in [0.1, 0.15) is 19.2 Å². The van der Waals surface area contributed by atoms with Crippen LogP contribution in [0, 0.1) is 6.92 Å². The maximum absolute atomic E-state index is 12.6. The first-order chi connectivity index (χ1) is 14.6. The summed E-state index contributed by atoms with van der Waals surface area (Å²) in [6.07, 6.45) is 3.91. The predicted molar refractivity (Wildman–Crippen MR) is 114 cm³/mol. The van der Waals surface area contributed by atoms with Crippen LogP contribution < -0.4 is 11.0 Å². The van der Waals surface area contributed by atoms with Gasteiger partial charge in [-0.2, -0.15) is 0 Å². The lowest BCUT2D eigenvalue weighted by Gasteiger charge is -2.25. The fourth-order valence-corrected chi connectivity index (χ4v) is 4.00. The molecule has 1 aromatic carbocycles. The molecule has 10 nitrogen and oxygen atoms in total. The molecule has 0 bridgehead atoms. The standard InChI is InChI=1S/C20H23N5O5S/c1-14-22-21-13-25(14)17-6-4-15(5-7-17)16-8-10-24(18(26)12-16)11-9-20(2,19(27)23-28)31(3,29)30/h4-8,10,12-13,28H,9,11H2,1-3H3,(H,23,27)/t20-/m1/s1. The normalized spacial score (nSPS) is 13.5. The van der Waals surface area contributed by atoms with Crippen molar-refractivity contribution in [1.29, 1.82) is 0 Å². The van der Waals surface area contributed by atoms with Crippen molar-refractivity contribution in [2.24, 2.45) is 0 Å². The van der Waals surface area contributed by atoms with Crippen molar-refractivity contribution in [3.8, 4) is 16.8 Å². The molecule has 0 radical (unpaired) electrons. The molecule has 0 aliphatic rings. The van der Waals surface area contributed by atoms with Gasteiger partial charge >= 0.3 is 0 Å². The molecule has 0 saturated heterocycles. The number of benzene rings is 1. The van der Waals surface area contributed by atoms with Crippen LogP contribution in [0.4, 0.5) is 0 Å². The number of aryl methyl sites for hydroxylation is 2. The molecule has 0 fully saturated rings. The Morgan fingerprint density at radius 3 is 2.39 bits per heavy atom. The maximum atomic E-state index is 12.6. The predicted octanol–water partition coefficient (Wildman–Crippen LogP) is 1.10. The second-order valence-electron chi connectivity index (χ2n) is 7.44. The fraction of sp³-hybridized carbons (Fsp3) is 0.300. The summed E-state index contributed by atoms with van der Waals surface area (Å²) in [4.78, 5) is 24.5. The highest BCUT2D eigenvalue weighted by Gasteiger charge is 2.43. The summed E-state index contributed by atoms with van der Waals surface area (Å²) < 4.78 is 25.4. The molecule has 31 heavy (non-hydrogen) atoms. The number of aromatic nitrogens is 4. The molecule has 3 rings (SSSR count). The molecule has 2 heterocycles. The van der Waals surface area contributed by atoms with E-state index in [9.17, 15) is 18.0 Å². The minimum atomic E-state index is -3.83. The van der Waals surface area contributed by atoms with Crippen LogP contribution in [0.15, 0.2) is 53.7 Å². The van der Waals surface area contributed by atoms with E-state index in [1.807, 2.05) is 35.8 Å². The van der Waals surface area contributed by atoms with Gasteiger partial charge in [0.2, 0.25) is 0 Å². The number of amides is 1. The number of nitrogens with one attached hydrogen (secondary N) is 1. The monoisotopic (exact) mass is 445 g/mol. The van der Waals surface area contributed by atoms with Gasteiger partial charge in [-0.1, -0.05) is 12.1 Å². The molecule has 3 aromatic rings. The van der Waals surface area contributed by atoms with Crippen molar-refractivity contribution in [2.45, 2.75) is 31.6 Å². The van der Waals surface area contributed by atoms with Gasteiger partial charge in [0.25, 0.3) is 11.5 Å². The third kappa shape index (κ3) is 4.42. The smallest absolute Gasteiger partial charge is 0.264 e. The number of nitrogens with zero attached hydrogens (tertiary/aromatic N) is 4. The van der Waals surface area contributed by atoms with Crippen LogP contribution in [-0.2, 0) is 21.2 Å². The molecule has 2 aromatic heterocycles. The summed E-state index contributed by atoms with van der Waals surface area (Å²) in [5.41, 5.74) is 3.48. The highest BCUT2D eigenvalue weighted by molar-refractivity contribution is 7.92. The molecule has 11 heteroatoms. The Morgan fingerprint density at radius 1 is 1.19 bits per heavy atom.